The van der Waals surface area contributed by atoms with E-state index in [1.54, 1.807) is 13.0 Å². The van der Waals surface area contributed by atoms with Crippen LogP contribution in [0.4, 0.5) is 5.69 Å². The molecule has 0 aromatic heterocycles. The van der Waals surface area contributed by atoms with Gasteiger partial charge in [0.25, 0.3) is 5.91 Å². The van der Waals surface area contributed by atoms with E-state index in [1.807, 2.05) is 31.2 Å². The molecule has 27 heavy (non-hydrogen) atoms. The number of rotatable bonds is 5. The summed E-state index contributed by atoms with van der Waals surface area (Å²) in [5.41, 5.74) is 2.23. The number of sulfonamides is 1. The summed E-state index contributed by atoms with van der Waals surface area (Å²) >= 11 is 0. The van der Waals surface area contributed by atoms with Gasteiger partial charge in [0.1, 0.15) is 5.75 Å². The Balaban J connectivity index is 1.93. The highest BCUT2D eigenvalue weighted by atomic mass is 32.2. The summed E-state index contributed by atoms with van der Waals surface area (Å²) in [6.45, 7) is 4.15. The molecule has 1 heterocycles. The zero-order valence-electron chi connectivity index (χ0n) is 14.9. The Morgan fingerprint density at radius 1 is 1.15 bits per heavy atom. The Morgan fingerprint density at radius 3 is 2.44 bits per heavy atom. The largest absolute Gasteiger partial charge is 0.493 e. The number of benzene rings is 2. The van der Waals surface area contributed by atoms with Crippen LogP contribution in [-0.4, -0.2) is 26.6 Å². The molecule has 0 radical (unpaired) electrons. The zero-order valence-corrected chi connectivity index (χ0v) is 15.7. The number of nitrogens with two attached hydrogens (primary N) is 1. The molecule has 0 spiro atoms. The molecule has 0 bridgehead atoms. The summed E-state index contributed by atoms with van der Waals surface area (Å²) in [5, 5.41) is 10.6. The number of ether oxygens (including phenoxy) is 1. The average Bonchev–Trinajstić information content (AvgIpc) is 2.91. The molecule has 2 aromatic carbocycles. The van der Waals surface area contributed by atoms with Gasteiger partial charge in [0, 0.05) is 5.56 Å². The standard InChI is InChI=1S/C19H19N3O4S/c1-3-26-18-7-5-4-6-14(18)12-17-13(2)21-22(19(17)23)15-8-10-16(11-9-15)27(20,24)25/h4-12H,3H2,1-2H3,(H2,20,24,25)/b17-12+. The van der Waals surface area contributed by atoms with Crippen molar-refractivity contribution >= 4 is 33.4 Å². The van der Waals surface area contributed by atoms with Gasteiger partial charge in [0.15, 0.2) is 0 Å². The Morgan fingerprint density at radius 2 is 1.81 bits per heavy atom. The molecule has 0 saturated heterocycles. The number of carbonyl (C=O) groups is 1. The molecule has 7 nitrogen and oxygen atoms in total. The van der Waals surface area contributed by atoms with E-state index in [4.69, 9.17) is 9.88 Å². The van der Waals surface area contributed by atoms with Gasteiger partial charge in [-0.25, -0.2) is 13.6 Å². The van der Waals surface area contributed by atoms with Gasteiger partial charge in [-0.05, 0) is 50.3 Å². The van der Waals surface area contributed by atoms with E-state index in [0.29, 0.717) is 29.3 Å². The molecule has 0 aliphatic carbocycles. The number of para-hydroxylation sites is 1. The van der Waals surface area contributed by atoms with E-state index < -0.39 is 10.0 Å². The van der Waals surface area contributed by atoms with Crippen molar-refractivity contribution in [1.29, 1.82) is 0 Å². The van der Waals surface area contributed by atoms with E-state index in [0.717, 1.165) is 5.56 Å². The van der Waals surface area contributed by atoms with Crippen molar-refractivity contribution in [2.45, 2.75) is 18.7 Å². The minimum atomic E-state index is -3.79. The van der Waals surface area contributed by atoms with Crippen LogP contribution in [0, 0.1) is 0 Å². The average molecular weight is 385 g/mol. The molecule has 2 aromatic rings. The summed E-state index contributed by atoms with van der Waals surface area (Å²) < 4.78 is 28.3. The van der Waals surface area contributed by atoms with Gasteiger partial charge in [0.2, 0.25) is 10.0 Å². The van der Waals surface area contributed by atoms with E-state index in [-0.39, 0.29) is 10.8 Å². The fraction of sp³-hybridized carbons (Fsp3) is 0.158. The number of carbonyl (C=O) groups excluding carboxylic acids is 1. The summed E-state index contributed by atoms with van der Waals surface area (Å²) in [6.07, 6.45) is 1.74. The monoisotopic (exact) mass is 385 g/mol. The van der Waals surface area contributed by atoms with Crippen LogP contribution >= 0.6 is 0 Å². The lowest BCUT2D eigenvalue weighted by Gasteiger charge is -2.12. The summed E-state index contributed by atoms with van der Waals surface area (Å²) in [6, 6.07) is 13.1. The normalized spacial score (nSPS) is 16.0. The second-order valence-electron chi connectivity index (χ2n) is 5.87. The molecule has 0 fully saturated rings. The van der Waals surface area contributed by atoms with Crippen LogP contribution in [0.2, 0.25) is 0 Å². The van der Waals surface area contributed by atoms with E-state index in [1.165, 1.54) is 29.3 Å². The van der Waals surface area contributed by atoms with Crippen LogP contribution in [0.15, 0.2) is 64.1 Å². The quantitative estimate of drug-likeness (QED) is 0.799. The van der Waals surface area contributed by atoms with Gasteiger partial charge in [-0.1, -0.05) is 18.2 Å². The molecule has 0 saturated carbocycles. The van der Waals surface area contributed by atoms with Crippen LogP contribution in [-0.2, 0) is 14.8 Å². The third-order valence-corrected chi connectivity index (χ3v) is 4.92. The predicted octanol–water partition coefficient (Wildman–Crippen LogP) is 2.54. The summed E-state index contributed by atoms with van der Waals surface area (Å²) in [7, 11) is -3.79. The number of hydrogen-bond donors (Lipinski definition) is 1. The first-order valence-corrected chi connectivity index (χ1v) is 9.82. The maximum atomic E-state index is 12.8. The second-order valence-corrected chi connectivity index (χ2v) is 7.43. The van der Waals surface area contributed by atoms with Gasteiger partial charge in [-0.2, -0.15) is 10.1 Å². The van der Waals surface area contributed by atoms with Crippen molar-refractivity contribution in [3.8, 4) is 5.75 Å². The Hall–Kier alpha value is -2.97. The van der Waals surface area contributed by atoms with Gasteiger partial charge in [0.05, 0.1) is 28.5 Å². The SMILES string of the molecule is CCOc1ccccc1/C=C1/C(=O)N(c2ccc(S(N)(=O)=O)cc2)N=C1C. The molecular formula is C19H19N3O4S. The topological polar surface area (TPSA) is 102 Å². The van der Waals surface area contributed by atoms with Crippen molar-refractivity contribution < 1.29 is 17.9 Å². The number of hydrazone groups is 1. The maximum Gasteiger partial charge on any atom is 0.280 e. The van der Waals surface area contributed by atoms with Crippen LogP contribution in [0.5, 0.6) is 5.75 Å². The van der Waals surface area contributed by atoms with Gasteiger partial charge in [-0.3, -0.25) is 4.79 Å². The number of primary sulfonamides is 1. The zero-order chi connectivity index (χ0) is 19.6. The first-order valence-electron chi connectivity index (χ1n) is 8.27. The third kappa shape index (κ3) is 3.91. The van der Waals surface area contributed by atoms with Crippen LogP contribution in [0.3, 0.4) is 0 Å². The summed E-state index contributed by atoms with van der Waals surface area (Å²) in [5.74, 6) is 0.381. The molecule has 0 atom stereocenters. The smallest absolute Gasteiger partial charge is 0.280 e. The molecule has 1 amide bonds. The molecule has 2 N–H and O–H groups in total. The van der Waals surface area contributed by atoms with Crippen LogP contribution < -0.4 is 14.9 Å². The lowest BCUT2D eigenvalue weighted by atomic mass is 10.1. The van der Waals surface area contributed by atoms with Crippen molar-refractivity contribution in [2.75, 3.05) is 11.6 Å². The van der Waals surface area contributed by atoms with Crippen LogP contribution in [0.1, 0.15) is 19.4 Å². The van der Waals surface area contributed by atoms with Crippen LogP contribution in [0.25, 0.3) is 6.08 Å². The Labute approximate surface area is 157 Å². The molecule has 1 aliphatic rings. The Bertz CT molecular complexity index is 1040. The molecule has 8 heteroatoms. The van der Waals surface area contributed by atoms with E-state index in [2.05, 4.69) is 5.10 Å². The molecular weight excluding hydrogens is 366 g/mol. The highest BCUT2D eigenvalue weighted by molar-refractivity contribution is 7.89. The number of anilines is 1. The highest BCUT2D eigenvalue weighted by Gasteiger charge is 2.29. The van der Waals surface area contributed by atoms with E-state index in [9.17, 15) is 13.2 Å². The lowest BCUT2D eigenvalue weighted by Crippen LogP contribution is -2.21. The molecule has 3 rings (SSSR count). The number of hydrogen-bond acceptors (Lipinski definition) is 5. The second kappa shape index (κ2) is 7.34. The fourth-order valence-corrected chi connectivity index (χ4v) is 3.19. The predicted molar refractivity (Wildman–Crippen MR) is 104 cm³/mol. The first-order chi connectivity index (χ1) is 12.8. The van der Waals surface area contributed by atoms with E-state index >= 15 is 0 Å². The molecule has 1 aliphatic heterocycles. The van der Waals surface area contributed by atoms with Crippen molar-refractivity contribution in [3.05, 3.63) is 59.7 Å². The summed E-state index contributed by atoms with van der Waals surface area (Å²) in [4.78, 5) is 12.8. The minimum absolute atomic E-state index is 0.0278. The fourth-order valence-electron chi connectivity index (χ4n) is 2.68. The van der Waals surface area contributed by atoms with Gasteiger partial charge >= 0.3 is 0 Å². The molecule has 140 valence electrons. The highest BCUT2D eigenvalue weighted by Crippen LogP contribution is 2.28. The third-order valence-electron chi connectivity index (χ3n) is 3.99. The van der Waals surface area contributed by atoms with Gasteiger partial charge in [-0.15, -0.1) is 0 Å². The minimum Gasteiger partial charge on any atom is -0.493 e. The van der Waals surface area contributed by atoms with Crippen molar-refractivity contribution in [1.82, 2.24) is 0 Å². The number of amides is 1. The van der Waals surface area contributed by atoms with Gasteiger partial charge < -0.3 is 4.74 Å². The maximum absolute atomic E-state index is 12.8. The lowest BCUT2D eigenvalue weighted by molar-refractivity contribution is -0.114. The van der Waals surface area contributed by atoms with Crippen molar-refractivity contribution in [3.63, 3.8) is 0 Å². The Kier molecular flexibility index (Phi) is 5.11. The number of nitrogens with zero attached hydrogens (tertiary/aromatic N) is 2. The first kappa shape index (κ1) is 18.8. The molecule has 0 unspecified atom stereocenters. The van der Waals surface area contributed by atoms with Crippen molar-refractivity contribution in [2.24, 2.45) is 10.2 Å².